The molecule has 1 rings (SSSR count). The molecule has 0 aliphatic heterocycles. The molecule has 0 bridgehead atoms. The Kier molecular flexibility index (Phi) is 3.88. The van der Waals surface area contributed by atoms with Gasteiger partial charge in [-0.3, -0.25) is 0 Å². The predicted octanol–water partition coefficient (Wildman–Crippen LogP) is 2.13. The van der Waals surface area contributed by atoms with Crippen molar-refractivity contribution in [2.24, 2.45) is 5.92 Å². The minimum Gasteiger partial charge on any atom is -0.383 e. The number of aryl methyl sites for hydroxylation is 1. The maximum atomic E-state index is 5.77. The fourth-order valence-corrected chi connectivity index (χ4v) is 1.24. The van der Waals surface area contributed by atoms with Crippen molar-refractivity contribution in [3.05, 3.63) is 11.4 Å². The van der Waals surface area contributed by atoms with Crippen molar-refractivity contribution in [2.75, 3.05) is 17.6 Å². The molecule has 4 nitrogen and oxygen atoms in total. The zero-order valence-corrected chi connectivity index (χ0v) is 9.96. The Hall–Kier alpha value is -1.32. The summed E-state index contributed by atoms with van der Waals surface area (Å²) in [5.41, 5.74) is 6.70. The molecule has 1 aromatic rings. The minimum absolute atomic E-state index is 0.564. The minimum atomic E-state index is 0.564. The molecule has 0 fully saturated rings. The molecule has 0 radical (unpaired) electrons. The molecule has 1 unspecified atom stereocenters. The molecule has 0 aromatic carbocycles. The smallest absolute Gasteiger partial charge is 0.134 e. The largest absolute Gasteiger partial charge is 0.383 e. The first-order valence-corrected chi connectivity index (χ1v) is 5.39. The summed E-state index contributed by atoms with van der Waals surface area (Å²) in [6.45, 7) is 9.10. The normalized spacial score (nSPS) is 12.5. The zero-order valence-electron chi connectivity index (χ0n) is 9.96. The van der Waals surface area contributed by atoms with Gasteiger partial charge in [-0.2, -0.15) is 0 Å². The molecule has 0 amide bonds. The molecule has 0 saturated carbocycles. The highest BCUT2D eigenvalue weighted by molar-refractivity contribution is 5.54. The standard InChI is InChI=1S/C11H20N4/c1-5-7(2)6-13-11-8(3)10(12)14-9(4)15-11/h7H,5-6H2,1-4H3,(H3,12,13,14,15). The lowest BCUT2D eigenvalue weighted by Crippen LogP contribution is -2.14. The number of rotatable bonds is 4. The number of hydrogen-bond donors (Lipinski definition) is 2. The van der Waals surface area contributed by atoms with Crippen molar-refractivity contribution in [3.63, 3.8) is 0 Å². The second-order valence-corrected chi connectivity index (χ2v) is 4.02. The van der Waals surface area contributed by atoms with Crippen LogP contribution in [-0.2, 0) is 0 Å². The van der Waals surface area contributed by atoms with Crippen molar-refractivity contribution < 1.29 is 0 Å². The van der Waals surface area contributed by atoms with Crippen LogP contribution in [0.2, 0.25) is 0 Å². The summed E-state index contributed by atoms with van der Waals surface area (Å²) in [5.74, 6) is 2.78. The average Bonchev–Trinajstić information content (AvgIpc) is 2.20. The summed E-state index contributed by atoms with van der Waals surface area (Å²) < 4.78 is 0. The quantitative estimate of drug-likeness (QED) is 0.795. The van der Waals surface area contributed by atoms with Crippen LogP contribution in [0.25, 0.3) is 0 Å². The van der Waals surface area contributed by atoms with Gasteiger partial charge in [0.25, 0.3) is 0 Å². The van der Waals surface area contributed by atoms with Gasteiger partial charge in [0, 0.05) is 12.1 Å². The van der Waals surface area contributed by atoms with Gasteiger partial charge >= 0.3 is 0 Å². The first-order chi connectivity index (χ1) is 7.04. The van der Waals surface area contributed by atoms with Gasteiger partial charge in [0.1, 0.15) is 17.5 Å². The maximum absolute atomic E-state index is 5.77. The Morgan fingerprint density at radius 3 is 2.60 bits per heavy atom. The Bertz CT molecular complexity index is 336. The first kappa shape index (κ1) is 11.8. The van der Waals surface area contributed by atoms with Crippen molar-refractivity contribution in [3.8, 4) is 0 Å². The molecule has 1 aromatic heterocycles. The van der Waals surface area contributed by atoms with Gasteiger partial charge in [-0.05, 0) is 19.8 Å². The summed E-state index contributed by atoms with van der Waals surface area (Å²) in [6, 6.07) is 0. The SMILES string of the molecule is CCC(C)CNc1nc(C)nc(N)c1C. The van der Waals surface area contributed by atoms with E-state index in [4.69, 9.17) is 5.73 Å². The number of nitrogens with one attached hydrogen (secondary N) is 1. The van der Waals surface area contributed by atoms with Crippen LogP contribution >= 0.6 is 0 Å². The lowest BCUT2D eigenvalue weighted by Gasteiger charge is -2.13. The van der Waals surface area contributed by atoms with E-state index < -0.39 is 0 Å². The highest BCUT2D eigenvalue weighted by Crippen LogP contribution is 2.17. The van der Waals surface area contributed by atoms with E-state index in [9.17, 15) is 0 Å². The summed E-state index contributed by atoms with van der Waals surface area (Å²) in [5, 5.41) is 3.31. The Balaban J connectivity index is 2.76. The number of nitrogens with two attached hydrogens (primary N) is 1. The lowest BCUT2D eigenvalue weighted by atomic mass is 10.1. The van der Waals surface area contributed by atoms with Crippen LogP contribution in [0, 0.1) is 19.8 Å². The highest BCUT2D eigenvalue weighted by Gasteiger charge is 2.07. The molecule has 0 saturated heterocycles. The van der Waals surface area contributed by atoms with E-state index >= 15 is 0 Å². The number of hydrogen-bond acceptors (Lipinski definition) is 4. The van der Waals surface area contributed by atoms with Crippen LogP contribution < -0.4 is 11.1 Å². The van der Waals surface area contributed by atoms with E-state index in [2.05, 4.69) is 29.1 Å². The van der Waals surface area contributed by atoms with E-state index in [0.717, 1.165) is 24.3 Å². The zero-order chi connectivity index (χ0) is 11.4. The topological polar surface area (TPSA) is 63.8 Å². The molecule has 15 heavy (non-hydrogen) atoms. The molecule has 84 valence electrons. The third-order valence-electron chi connectivity index (χ3n) is 2.61. The molecule has 1 heterocycles. The molecule has 0 spiro atoms. The molecule has 0 aliphatic rings. The lowest BCUT2D eigenvalue weighted by molar-refractivity contribution is 0.592. The maximum Gasteiger partial charge on any atom is 0.134 e. The van der Waals surface area contributed by atoms with Crippen molar-refractivity contribution in [2.45, 2.75) is 34.1 Å². The first-order valence-electron chi connectivity index (χ1n) is 5.39. The Morgan fingerprint density at radius 1 is 1.33 bits per heavy atom. The van der Waals surface area contributed by atoms with Gasteiger partial charge in [0.05, 0.1) is 0 Å². The summed E-state index contributed by atoms with van der Waals surface area (Å²) in [7, 11) is 0. The van der Waals surface area contributed by atoms with Crippen molar-refractivity contribution in [1.82, 2.24) is 9.97 Å². The third kappa shape index (κ3) is 3.08. The fraction of sp³-hybridized carbons (Fsp3) is 0.636. The van der Waals surface area contributed by atoms with Crippen LogP contribution in [0.5, 0.6) is 0 Å². The van der Waals surface area contributed by atoms with E-state index in [0.29, 0.717) is 17.6 Å². The second-order valence-electron chi connectivity index (χ2n) is 4.02. The van der Waals surface area contributed by atoms with Gasteiger partial charge < -0.3 is 11.1 Å². The molecular formula is C11H20N4. The van der Waals surface area contributed by atoms with Crippen LogP contribution in [0.15, 0.2) is 0 Å². The van der Waals surface area contributed by atoms with Crippen molar-refractivity contribution in [1.29, 1.82) is 0 Å². The molecule has 0 aliphatic carbocycles. The van der Waals surface area contributed by atoms with Crippen molar-refractivity contribution >= 4 is 11.6 Å². The van der Waals surface area contributed by atoms with E-state index in [1.54, 1.807) is 0 Å². The summed E-state index contributed by atoms with van der Waals surface area (Å²) in [4.78, 5) is 8.45. The molecular weight excluding hydrogens is 188 g/mol. The van der Waals surface area contributed by atoms with Gasteiger partial charge in [-0.1, -0.05) is 20.3 Å². The van der Waals surface area contributed by atoms with Gasteiger partial charge in [0.15, 0.2) is 0 Å². The number of nitrogens with zero attached hydrogens (tertiary/aromatic N) is 2. The predicted molar refractivity (Wildman–Crippen MR) is 63.9 cm³/mol. The van der Waals surface area contributed by atoms with E-state index in [1.807, 2.05) is 13.8 Å². The number of nitrogen functional groups attached to an aromatic ring is 1. The number of aromatic nitrogens is 2. The van der Waals surface area contributed by atoms with Gasteiger partial charge in [-0.25, -0.2) is 9.97 Å². The third-order valence-corrected chi connectivity index (χ3v) is 2.61. The van der Waals surface area contributed by atoms with Crippen LogP contribution in [0.4, 0.5) is 11.6 Å². The van der Waals surface area contributed by atoms with Crippen LogP contribution in [-0.4, -0.2) is 16.5 Å². The van der Waals surface area contributed by atoms with E-state index in [-0.39, 0.29) is 0 Å². The molecule has 1 atom stereocenters. The summed E-state index contributed by atoms with van der Waals surface area (Å²) in [6.07, 6.45) is 1.16. The van der Waals surface area contributed by atoms with Crippen LogP contribution in [0.3, 0.4) is 0 Å². The Labute approximate surface area is 91.3 Å². The van der Waals surface area contributed by atoms with E-state index in [1.165, 1.54) is 0 Å². The monoisotopic (exact) mass is 208 g/mol. The number of anilines is 2. The highest BCUT2D eigenvalue weighted by atomic mass is 15.1. The van der Waals surface area contributed by atoms with Gasteiger partial charge in [-0.15, -0.1) is 0 Å². The second kappa shape index (κ2) is 4.96. The molecule has 4 heteroatoms. The summed E-state index contributed by atoms with van der Waals surface area (Å²) >= 11 is 0. The van der Waals surface area contributed by atoms with Crippen LogP contribution in [0.1, 0.15) is 31.7 Å². The average molecular weight is 208 g/mol. The van der Waals surface area contributed by atoms with Gasteiger partial charge in [0.2, 0.25) is 0 Å². The molecule has 3 N–H and O–H groups in total. The Morgan fingerprint density at radius 2 is 2.00 bits per heavy atom. The fourth-order valence-electron chi connectivity index (χ4n) is 1.24.